The van der Waals surface area contributed by atoms with Crippen molar-refractivity contribution < 1.29 is 14.3 Å². The summed E-state index contributed by atoms with van der Waals surface area (Å²) in [4.78, 5) is 32.6. The standard InChI is InChI=1S/C20H25FN4O3/c1-11(23(2)3)12-6-7-24(9-12)19-16(21)8-14-17(26)15(20(27)28)10-25(13-4-5-13)18(14)22-19/h8,10-13H,4-7,9H2,1-3H3,(H,27,28)/t11-,12+/m0/s1. The number of aromatic nitrogens is 2. The van der Waals surface area contributed by atoms with E-state index < -0.39 is 17.2 Å². The topological polar surface area (TPSA) is 78.7 Å². The summed E-state index contributed by atoms with van der Waals surface area (Å²) in [6.45, 7) is 3.57. The summed E-state index contributed by atoms with van der Waals surface area (Å²) >= 11 is 0. The van der Waals surface area contributed by atoms with E-state index in [0.29, 0.717) is 30.7 Å². The van der Waals surface area contributed by atoms with Crippen LogP contribution in [0.5, 0.6) is 0 Å². The fourth-order valence-electron chi connectivity index (χ4n) is 4.04. The minimum Gasteiger partial charge on any atom is -0.477 e. The number of nitrogens with zero attached hydrogens (tertiary/aromatic N) is 4. The second kappa shape index (κ2) is 6.84. The van der Waals surface area contributed by atoms with E-state index in [1.54, 1.807) is 4.57 Å². The number of carboxylic acids is 1. The zero-order valence-corrected chi connectivity index (χ0v) is 16.4. The number of rotatable bonds is 5. The lowest BCUT2D eigenvalue weighted by molar-refractivity contribution is 0.0695. The van der Waals surface area contributed by atoms with Crippen LogP contribution in [0, 0.1) is 11.7 Å². The van der Waals surface area contributed by atoms with Crippen molar-refractivity contribution in [3.8, 4) is 0 Å². The maximum Gasteiger partial charge on any atom is 0.341 e. The Bertz CT molecular complexity index is 999. The van der Waals surface area contributed by atoms with E-state index in [9.17, 15) is 19.1 Å². The second-order valence-corrected chi connectivity index (χ2v) is 8.18. The number of fused-ring (bicyclic) bond motifs is 1. The number of aromatic carboxylic acids is 1. The number of carbonyl (C=O) groups is 1. The van der Waals surface area contributed by atoms with Crippen LogP contribution in [0.3, 0.4) is 0 Å². The predicted molar refractivity (Wildman–Crippen MR) is 105 cm³/mol. The predicted octanol–water partition coefficient (Wildman–Crippen LogP) is 2.35. The molecule has 4 rings (SSSR count). The average molecular weight is 388 g/mol. The Morgan fingerprint density at radius 3 is 2.68 bits per heavy atom. The first kappa shape index (κ1) is 18.9. The molecule has 0 aromatic carbocycles. The summed E-state index contributed by atoms with van der Waals surface area (Å²) in [6, 6.07) is 1.65. The van der Waals surface area contributed by atoms with Gasteiger partial charge in [0.05, 0.1) is 5.39 Å². The van der Waals surface area contributed by atoms with Crippen molar-refractivity contribution in [1.29, 1.82) is 0 Å². The van der Waals surface area contributed by atoms with Crippen LogP contribution in [0.25, 0.3) is 11.0 Å². The Balaban J connectivity index is 1.78. The van der Waals surface area contributed by atoms with Crippen LogP contribution in [-0.4, -0.2) is 58.8 Å². The van der Waals surface area contributed by atoms with Crippen LogP contribution in [0.15, 0.2) is 17.1 Å². The van der Waals surface area contributed by atoms with Gasteiger partial charge in [0.2, 0.25) is 5.43 Å². The molecule has 2 aliphatic rings. The van der Waals surface area contributed by atoms with Gasteiger partial charge in [0.25, 0.3) is 0 Å². The molecule has 7 nitrogen and oxygen atoms in total. The number of carboxylic acid groups (broad SMARTS) is 1. The molecule has 0 radical (unpaired) electrons. The lowest BCUT2D eigenvalue weighted by atomic mass is 10.00. The van der Waals surface area contributed by atoms with Crippen LogP contribution in [0.1, 0.15) is 42.6 Å². The second-order valence-electron chi connectivity index (χ2n) is 8.18. The van der Waals surface area contributed by atoms with Gasteiger partial charge in [-0.05, 0) is 52.3 Å². The molecule has 0 amide bonds. The molecule has 0 unspecified atom stereocenters. The molecule has 8 heteroatoms. The van der Waals surface area contributed by atoms with Gasteiger partial charge < -0.3 is 19.5 Å². The molecule has 1 saturated heterocycles. The van der Waals surface area contributed by atoms with E-state index in [4.69, 9.17) is 0 Å². The largest absolute Gasteiger partial charge is 0.477 e. The minimum atomic E-state index is -1.30. The molecule has 0 spiro atoms. The molecule has 1 N–H and O–H groups in total. The van der Waals surface area contributed by atoms with E-state index in [1.165, 1.54) is 6.20 Å². The van der Waals surface area contributed by atoms with Crippen LogP contribution >= 0.6 is 0 Å². The maximum atomic E-state index is 14.9. The van der Waals surface area contributed by atoms with Gasteiger partial charge in [0.15, 0.2) is 11.6 Å². The molecule has 2 aromatic heterocycles. The smallest absolute Gasteiger partial charge is 0.341 e. The van der Waals surface area contributed by atoms with Gasteiger partial charge in [-0.3, -0.25) is 4.79 Å². The zero-order chi connectivity index (χ0) is 20.2. The fourth-order valence-corrected chi connectivity index (χ4v) is 4.04. The molecule has 150 valence electrons. The van der Waals surface area contributed by atoms with E-state index in [-0.39, 0.29) is 22.8 Å². The molecule has 2 fully saturated rings. The van der Waals surface area contributed by atoms with Gasteiger partial charge in [-0.15, -0.1) is 0 Å². The number of hydrogen-bond acceptors (Lipinski definition) is 5. The van der Waals surface area contributed by atoms with Gasteiger partial charge in [-0.25, -0.2) is 14.2 Å². The van der Waals surface area contributed by atoms with Crippen molar-refractivity contribution in [2.45, 2.75) is 38.3 Å². The summed E-state index contributed by atoms with van der Waals surface area (Å²) in [7, 11) is 4.08. The summed E-state index contributed by atoms with van der Waals surface area (Å²) in [5.41, 5.74) is -0.648. The molecule has 2 atom stereocenters. The molecular formula is C20H25FN4O3. The number of anilines is 1. The number of halogens is 1. The third-order valence-corrected chi connectivity index (χ3v) is 6.13. The molecule has 3 heterocycles. The molecule has 2 aromatic rings. The summed E-state index contributed by atoms with van der Waals surface area (Å²) in [5, 5.41) is 9.37. The highest BCUT2D eigenvalue weighted by Gasteiger charge is 2.32. The zero-order valence-electron chi connectivity index (χ0n) is 16.4. The number of pyridine rings is 2. The SMILES string of the molecule is C[C@@H]([C@@H]1CCN(c2nc3c(cc2F)c(=O)c(C(=O)O)cn3C2CC2)C1)N(C)C. The Morgan fingerprint density at radius 2 is 2.07 bits per heavy atom. The lowest BCUT2D eigenvalue weighted by Crippen LogP contribution is -2.34. The first-order chi connectivity index (χ1) is 13.3. The van der Waals surface area contributed by atoms with Crippen molar-refractivity contribution in [1.82, 2.24) is 14.5 Å². The summed E-state index contributed by atoms with van der Waals surface area (Å²) in [5.74, 6) is -1.22. The fraction of sp³-hybridized carbons (Fsp3) is 0.550. The van der Waals surface area contributed by atoms with Gasteiger partial charge >= 0.3 is 5.97 Å². The Kier molecular flexibility index (Phi) is 4.61. The molecule has 28 heavy (non-hydrogen) atoms. The Morgan fingerprint density at radius 1 is 1.36 bits per heavy atom. The highest BCUT2D eigenvalue weighted by molar-refractivity contribution is 5.92. The van der Waals surface area contributed by atoms with Crippen molar-refractivity contribution >= 4 is 22.8 Å². The molecule has 1 aliphatic heterocycles. The first-order valence-corrected chi connectivity index (χ1v) is 9.68. The lowest BCUT2D eigenvalue weighted by Gasteiger charge is -2.26. The average Bonchev–Trinajstić information content (AvgIpc) is 3.37. The van der Waals surface area contributed by atoms with Crippen LogP contribution in [0.4, 0.5) is 10.2 Å². The highest BCUT2D eigenvalue weighted by Crippen LogP contribution is 2.37. The van der Waals surface area contributed by atoms with Crippen LogP contribution < -0.4 is 10.3 Å². The van der Waals surface area contributed by atoms with Gasteiger partial charge in [-0.2, -0.15) is 0 Å². The molecule has 0 bridgehead atoms. The Labute approximate surface area is 162 Å². The molecule has 1 aliphatic carbocycles. The maximum absolute atomic E-state index is 14.9. The third-order valence-electron chi connectivity index (χ3n) is 6.13. The summed E-state index contributed by atoms with van der Waals surface area (Å²) in [6.07, 6.45) is 4.11. The molecule has 1 saturated carbocycles. The van der Waals surface area contributed by atoms with E-state index in [0.717, 1.165) is 25.3 Å². The normalized spacial score (nSPS) is 20.9. The monoisotopic (exact) mass is 388 g/mol. The minimum absolute atomic E-state index is 0.0328. The van der Waals surface area contributed by atoms with Crippen molar-refractivity contribution in [3.63, 3.8) is 0 Å². The van der Waals surface area contributed by atoms with Gasteiger partial charge in [0.1, 0.15) is 11.2 Å². The van der Waals surface area contributed by atoms with Crippen LogP contribution in [0.2, 0.25) is 0 Å². The van der Waals surface area contributed by atoms with E-state index >= 15 is 0 Å². The Hall–Kier alpha value is -2.48. The van der Waals surface area contributed by atoms with E-state index in [2.05, 4.69) is 16.8 Å². The van der Waals surface area contributed by atoms with Crippen LogP contribution in [-0.2, 0) is 0 Å². The van der Waals surface area contributed by atoms with Crippen molar-refractivity contribution in [2.75, 3.05) is 32.1 Å². The molecular weight excluding hydrogens is 363 g/mol. The highest BCUT2D eigenvalue weighted by atomic mass is 19.1. The van der Waals surface area contributed by atoms with Crippen molar-refractivity contribution in [2.24, 2.45) is 5.92 Å². The van der Waals surface area contributed by atoms with E-state index in [1.807, 2.05) is 19.0 Å². The number of hydrogen-bond donors (Lipinski definition) is 1. The van der Waals surface area contributed by atoms with Gasteiger partial charge in [-0.1, -0.05) is 0 Å². The summed E-state index contributed by atoms with van der Waals surface area (Å²) < 4.78 is 16.6. The third kappa shape index (κ3) is 3.15. The quantitative estimate of drug-likeness (QED) is 0.847. The van der Waals surface area contributed by atoms with Gasteiger partial charge in [0, 0.05) is 31.4 Å². The van der Waals surface area contributed by atoms with Crippen molar-refractivity contribution in [3.05, 3.63) is 33.9 Å². The first-order valence-electron chi connectivity index (χ1n) is 9.68.